The van der Waals surface area contributed by atoms with Gasteiger partial charge in [-0.15, -0.1) is 11.3 Å². The van der Waals surface area contributed by atoms with Crippen molar-refractivity contribution in [2.45, 2.75) is 0 Å². The van der Waals surface area contributed by atoms with Crippen LogP contribution in [-0.2, 0) is 0 Å². The van der Waals surface area contributed by atoms with Crippen molar-refractivity contribution in [1.29, 1.82) is 0 Å². The Morgan fingerprint density at radius 1 is 0.632 bits per heavy atom. The maximum atomic E-state index is 5.06. The number of nitrogens with zero attached hydrogens (tertiary/aromatic N) is 4. The van der Waals surface area contributed by atoms with Crippen molar-refractivity contribution in [1.82, 2.24) is 19.4 Å². The number of fused-ring (bicyclic) bond motifs is 7. The van der Waals surface area contributed by atoms with Crippen LogP contribution in [0.25, 0.3) is 70.5 Å². The molecule has 3 aromatic carbocycles. The zero-order chi connectivity index (χ0) is 25.1. The highest BCUT2D eigenvalue weighted by Crippen LogP contribution is 2.45. The lowest BCUT2D eigenvalue weighted by Crippen LogP contribution is -1.90. The fourth-order valence-corrected chi connectivity index (χ4v) is 6.60. The maximum absolute atomic E-state index is 5.06. The van der Waals surface area contributed by atoms with Crippen molar-refractivity contribution in [2.75, 3.05) is 0 Å². The summed E-state index contributed by atoms with van der Waals surface area (Å²) in [5, 5.41) is 2.50. The van der Waals surface area contributed by atoms with Gasteiger partial charge in [0.15, 0.2) is 0 Å². The fourth-order valence-electron chi connectivity index (χ4n) is 5.38. The number of thiophene rings is 1. The molecule has 0 spiro atoms. The van der Waals surface area contributed by atoms with Crippen LogP contribution in [-0.4, -0.2) is 19.4 Å². The van der Waals surface area contributed by atoms with Gasteiger partial charge < -0.3 is 0 Å². The Balaban J connectivity index is 1.52. The molecule has 0 saturated heterocycles. The number of imidazole rings is 1. The Hall–Kier alpha value is -4.87. The van der Waals surface area contributed by atoms with Crippen LogP contribution < -0.4 is 0 Å². The molecule has 4 nitrogen and oxygen atoms in total. The van der Waals surface area contributed by atoms with E-state index in [2.05, 4.69) is 93.4 Å². The Labute approximate surface area is 222 Å². The normalized spacial score (nSPS) is 11.7. The lowest BCUT2D eigenvalue weighted by atomic mass is 9.93. The van der Waals surface area contributed by atoms with Gasteiger partial charge in [-0.2, -0.15) is 0 Å². The smallest absolute Gasteiger partial charge is 0.137 e. The molecule has 5 aromatic heterocycles. The van der Waals surface area contributed by atoms with Gasteiger partial charge in [0.25, 0.3) is 0 Å². The first-order valence-electron chi connectivity index (χ1n) is 12.5. The van der Waals surface area contributed by atoms with Gasteiger partial charge in [0.05, 0.1) is 21.6 Å². The van der Waals surface area contributed by atoms with Crippen molar-refractivity contribution in [2.24, 2.45) is 0 Å². The predicted octanol–water partition coefficient (Wildman–Crippen LogP) is 8.65. The highest BCUT2D eigenvalue weighted by molar-refractivity contribution is 7.26. The van der Waals surface area contributed by atoms with Gasteiger partial charge in [-0.3, -0.25) is 14.4 Å². The predicted molar refractivity (Wildman–Crippen MR) is 157 cm³/mol. The number of pyridine rings is 3. The van der Waals surface area contributed by atoms with Gasteiger partial charge in [-0.25, -0.2) is 4.98 Å². The lowest BCUT2D eigenvalue weighted by molar-refractivity contribution is 1.23. The number of rotatable bonds is 3. The van der Waals surface area contributed by atoms with Crippen LogP contribution in [0.1, 0.15) is 0 Å². The minimum atomic E-state index is 0.939. The van der Waals surface area contributed by atoms with Gasteiger partial charge >= 0.3 is 0 Å². The Morgan fingerprint density at radius 2 is 1.32 bits per heavy atom. The van der Waals surface area contributed by atoms with Gasteiger partial charge in [0.2, 0.25) is 0 Å². The first-order chi connectivity index (χ1) is 18.8. The van der Waals surface area contributed by atoms with E-state index in [9.17, 15) is 0 Å². The zero-order valence-corrected chi connectivity index (χ0v) is 21.1. The Bertz CT molecular complexity index is 2070. The highest BCUT2D eigenvalue weighted by atomic mass is 32.1. The average molecular weight is 505 g/mol. The van der Waals surface area contributed by atoms with E-state index >= 15 is 0 Å². The lowest BCUT2D eigenvalue weighted by Gasteiger charge is -2.12. The van der Waals surface area contributed by atoms with Crippen molar-refractivity contribution in [3.8, 4) is 33.6 Å². The average Bonchev–Trinajstić information content (AvgIpc) is 3.56. The standard InChI is InChI=1S/C33H20N4S/c1-2-12-29-24(9-1)31-25(20-28-32(33(31)38-29)36-30-13-5-8-16-37(28)30)21-17-22(26-10-3-6-14-34-26)19-23(18-21)27-11-4-7-15-35-27/h1-20H. The summed E-state index contributed by atoms with van der Waals surface area (Å²) in [6.07, 6.45) is 5.78. The molecule has 0 fully saturated rings. The van der Waals surface area contributed by atoms with E-state index in [4.69, 9.17) is 4.98 Å². The van der Waals surface area contributed by atoms with E-state index < -0.39 is 0 Å². The summed E-state index contributed by atoms with van der Waals surface area (Å²) in [6, 6.07) is 35.9. The molecule has 5 heterocycles. The second-order valence-electron chi connectivity index (χ2n) is 9.36. The van der Waals surface area contributed by atoms with Crippen LogP contribution in [0, 0.1) is 0 Å². The van der Waals surface area contributed by atoms with E-state index in [1.165, 1.54) is 25.7 Å². The number of hydrogen-bond acceptors (Lipinski definition) is 4. The monoisotopic (exact) mass is 504 g/mol. The number of hydrogen-bond donors (Lipinski definition) is 0. The molecule has 0 aliphatic carbocycles. The van der Waals surface area contributed by atoms with Crippen LogP contribution in [0.2, 0.25) is 0 Å². The third-order valence-electron chi connectivity index (χ3n) is 7.09. The summed E-state index contributed by atoms with van der Waals surface area (Å²) < 4.78 is 4.66. The first-order valence-corrected chi connectivity index (χ1v) is 13.3. The van der Waals surface area contributed by atoms with Crippen LogP contribution in [0.15, 0.2) is 122 Å². The molecule has 8 rings (SSSR count). The van der Waals surface area contributed by atoms with Crippen molar-refractivity contribution in [3.63, 3.8) is 0 Å². The molecule has 0 atom stereocenters. The molecule has 0 unspecified atom stereocenters. The fraction of sp³-hybridized carbons (Fsp3) is 0. The molecule has 0 N–H and O–H groups in total. The molecule has 0 radical (unpaired) electrons. The van der Waals surface area contributed by atoms with Crippen LogP contribution in [0.5, 0.6) is 0 Å². The number of benzene rings is 3. The quantitative estimate of drug-likeness (QED) is 0.242. The third-order valence-corrected chi connectivity index (χ3v) is 8.27. The molecule has 0 saturated carbocycles. The van der Waals surface area contributed by atoms with Crippen LogP contribution in [0.3, 0.4) is 0 Å². The van der Waals surface area contributed by atoms with E-state index in [0.717, 1.165) is 44.8 Å². The Kier molecular flexibility index (Phi) is 4.66. The minimum absolute atomic E-state index is 0.939. The SMILES string of the molecule is c1ccc(-c2cc(-c3ccccn3)cc(-c3cc4c(nc5ccccn54)c4sc5ccccc5c34)c2)nc1. The molecule has 0 amide bonds. The van der Waals surface area contributed by atoms with E-state index in [1.807, 2.05) is 54.1 Å². The van der Waals surface area contributed by atoms with E-state index in [1.54, 1.807) is 0 Å². The summed E-state index contributed by atoms with van der Waals surface area (Å²) in [6.45, 7) is 0. The Morgan fingerprint density at radius 3 is 2.05 bits per heavy atom. The molecular weight excluding hydrogens is 484 g/mol. The van der Waals surface area contributed by atoms with Gasteiger partial charge in [0.1, 0.15) is 11.2 Å². The zero-order valence-electron chi connectivity index (χ0n) is 20.2. The summed E-state index contributed by atoms with van der Waals surface area (Å²) >= 11 is 1.82. The van der Waals surface area contributed by atoms with E-state index in [-0.39, 0.29) is 0 Å². The molecule has 0 aliphatic rings. The van der Waals surface area contributed by atoms with Crippen LogP contribution >= 0.6 is 11.3 Å². The largest absolute Gasteiger partial charge is 0.300 e. The summed E-state index contributed by atoms with van der Waals surface area (Å²) in [5.74, 6) is 0. The maximum Gasteiger partial charge on any atom is 0.137 e. The molecular formula is C33H20N4S. The third kappa shape index (κ3) is 3.26. The molecule has 0 aliphatic heterocycles. The highest BCUT2D eigenvalue weighted by Gasteiger charge is 2.19. The van der Waals surface area contributed by atoms with Crippen molar-refractivity contribution in [3.05, 3.63) is 122 Å². The minimum Gasteiger partial charge on any atom is -0.300 e. The van der Waals surface area contributed by atoms with Crippen LogP contribution in [0.4, 0.5) is 0 Å². The summed E-state index contributed by atoms with van der Waals surface area (Å²) in [4.78, 5) is 14.4. The molecule has 178 valence electrons. The first kappa shape index (κ1) is 21.2. The summed E-state index contributed by atoms with van der Waals surface area (Å²) in [7, 11) is 0. The van der Waals surface area contributed by atoms with Gasteiger partial charge in [-0.1, -0.05) is 36.4 Å². The van der Waals surface area contributed by atoms with Gasteiger partial charge in [0, 0.05) is 45.2 Å². The second kappa shape index (κ2) is 8.33. The topological polar surface area (TPSA) is 43.1 Å². The van der Waals surface area contributed by atoms with Crippen molar-refractivity contribution < 1.29 is 0 Å². The van der Waals surface area contributed by atoms with E-state index in [0.29, 0.717) is 0 Å². The van der Waals surface area contributed by atoms with Gasteiger partial charge in [-0.05, 0) is 77.9 Å². The molecule has 8 aromatic rings. The second-order valence-corrected chi connectivity index (χ2v) is 10.4. The molecule has 0 bridgehead atoms. The number of aromatic nitrogens is 4. The summed E-state index contributed by atoms with van der Waals surface area (Å²) in [5.41, 5.74) is 9.43. The van der Waals surface area contributed by atoms with Crippen molar-refractivity contribution >= 4 is 48.2 Å². The molecule has 38 heavy (non-hydrogen) atoms. The molecule has 5 heteroatoms.